The van der Waals surface area contributed by atoms with Crippen LogP contribution in [0.2, 0.25) is 0 Å². The molecule has 3 aromatic carbocycles. The second kappa shape index (κ2) is 10.2. The number of carbonyl (C=O) groups is 2. The number of esters is 1. The van der Waals surface area contributed by atoms with Crippen molar-refractivity contribution in [3.63, 3.8) is 0 Å². The highest BCUT2D eigenvalue weighted by Crippen LogP contribution is 2.38. The summed E-state index contributed by atoms with van der Waals surface area (Å²) in [5.74, 6) is -3.69. The van der Waals surface area contributed by atoms with E-state index in [1.54, 1.807) is 6.92 Å². The standard InChI is InChI=1S/C26H21NO10/c1-2-35-26(34)13-3-6-15(7-4-13)27-21(32)12-36-25-23(33)22-19(31)10-16(28)11-20(22)37-24(25)14-5-8-17(29)18(30)9-14/h3-11,28-31H,2,12H2,1H3,(H,27,32). The minimum atomic E-state index is -0.840. The van der Waals surface area contributed by atoms with Crippen molar-refractivity contribution in [2.45, 2.75) is 6.92 Å². The van der Waals surface area contributed by atoms with Gasteiger partial charge in [-0.1, -0.05) is 0 Å². The Morgan fingerprint density at radius 2 is 1.65 bits per heavy atom. The molecule has 0 aliphatic heterocycles. The van der Waals surface area contributed by atoms with Crippen LogP contribution in [-0.4, -0.2) is 45.5 Å². The van der Waals surface area contributed by atoms with Crippen molar-refractivity contribution in [1.29, 1.82) is 0 Å². The molecule has 4 rings (SSSR count). The van der Waals surface area contributed by atoms with E-state index in [9.17, 15) is 34.8 Å². The Labute approximate surface area is 208 Å². The molecule has 0 radical (unpaired) electrons. The largest absolute Gasteiger partial charge is 0.508 e. The van der Waals surface area contributed by atoms with E-state index in [-0.39, 0.29) is 34.6 Å². The Bertz CT molecular complexity index is 1560. The van der Waals surface area contributed by atoms with E-state index in [1.165, 1.54) is 30.3 Å². The van der Waals surface area contributed by atoms with Gasteiger partial charge in [0.2, 0.25) is 11.2 Å². The second-order valence-corrected chi connectivity index (χ2v) is 7.77. The average Bonchev–Trinajstić information content (AvgIpc) is 2.85. The van der Waals surface area contributed by atoms with Gasteiger partial charge in [0.1, 0.15) is 22.5 Å². The second-order valence-electron chi connectivity index (χ2n) is 7.77. The molecule has 1 aromatic heterocycles. The molecule has 0 saturated carbocycles. The summed E-state index contributed by atoms with van der Waals surface area (Å²) in [7, 11) is 0. The highest BCUT2D eigenvalue weighted by atomic mass is 16.5. The Hall–Kier alpha value is -5.19. The average molecular weight is 507 g/mol. The fraction of sp³-hybridized carbons (Fsp3) is 0.115. The number of hydrogen-bond acceptors (Lipinski definition) is 10. The van der Waals surface area contributed by atoms with Crippen LogP contribution in [0, 0.1) is 0 Å². The van der Waals surface area contributed by atoms with Crippen molar-refractivity contribution in [1.82, 2.24) is 0 Å². The molecule has 5 N–H and O–H groups in total. The maximum absolute atomic E-state index is 13.2. The molecule has 0 fully saturated rings. The third kappa shape index (κ3) is 5.25. The minimum absolute atomic E-state index is 0.113. The summed E-state index contributed by atoms with van der Waals surface area (Å²) in [6, 6.07) is 11.6. The minimum Gasteiger partial charge on any atom is -0.508 e. The van der Waals surface area contributed by atoms with E-state index in [1.807, 2.05) is 0 Å². The fourth-order valence-electron chi connectivity index (χ4n) is 3.49. The topological polar surface area (TPSA) is 176 Å². The van der Waals surface area contributed by atoms with E-state index in [0.717, 1.165) is 24.3 Å². The SMILES string of the molecule is CCOC(=O)c1ccc(NC(=O)COc2c(-c3ccc(O)c(O)c3)oc3cc(O)cc(O)c3c2=O)cc1. The molecule has 0 spiro atoms. The van der Waals surface area contributed by atoms with Gasteiger partial charge in [0.15, 0.2) is 23.9 Å². The number of amides is 1. The molecule has 0 aliphatic carbocycles. The highest BCUT2D eigenvalue weighted by Gasteiger charge is 2.22. The van der Waals surface area contributed by atoms with Crippen molar-refractivity contribution >= 4 is 28.5 Å². The van der Waals surface area contributed by atoms with E-state index in [0.29, 0.717) is 11.3 Å². The number of hydrogen-bond donors (Lipinski definition) is 5. The van der Waals surface area contributed by atoms with Crippen LogP contribution in [0.4, 0.5) is 5.69 Å². The van der Waals surface area contributed by atoms with Crippen LogP contribution in [0.3, 0.4) is 0 Å². The van der Waals surface area contributed by atoms with Crippen molar-refractivity contribution < 1.29 is 43.9 Å². The van der Waals surface area contributed by atoms with Gasteiger partial charge >= 0.3 is 5.97 Å². The summed E-state index contributed by atoms with van der Waals surface area (Å²) in [5.41, 5.74) is -0.250. The first kappa shape index (κ1) is 24.9. The van der Waals surface area contributed by atoms with Crippen LogP contribution < -0.4 is 15.5 Å². The number of rotatable bonds is 7. The summed E-state index contributed by atoms with van der Waals surface area (Å²) in [6.45, 7) is 1.26. The zero-order chi connectivity index (χ0) is 26.7. The molecular weight excluding hydrogens is 486 g/mol. The lowest BCUT2D eigenvalue weighted by Gasteiger charge is -2.13. The van der Waals surface area contributed by atoms with Gasteiger partial charge in [0, 0.05) is 23.4 Å². The van der Waals surface area contributed by atoms with Crippen LogP contribution in [0.5, 0.6) is 28.7 Å². The summed E-state index contributed by atoms with van der Waals surface area (Å²) >= 11 is 0. The number of ether oxygens (including phenoxy) is 2. The number of benzene rings is 3. The van der Waals surface area contributed by atoms with E-state index < -0.39 is 46.9 Å². The van der Waals surface area contributed by atoms with Crippen LogP contribution in [0.15, 0.2) is 63.8 Å². The number of aromatic hydroxyl groups is 4. The molecule has 1 heterocycles. The van der Waals surface area contributed by atoms with Crippen LogP contribution in [0.1, 0.15) is 17.3 Å². The molecule has 4 aromatic rings. The molecule has 0 bridgehead atoms. The van der Waals surface area contributed by atoms with E-state index >= 15 is 0 Å². The molecule has 11 nitrogen and oxygen atoms in total. The number of anilines is 1. The molecule has 0 saturated heterocycles. The lowest BCUT2D eigenvalue weighted by Crippen LogP contribution is -2.22. The number of nitrogens with one attached hydrogen (secondary N) is 1. The van der Waals surface area contributed by atoms with E-state index in [4.69, 9.17) is 13.9 Å². The normalized spacial score (nSPS) is 10.7. The summed E-state index contributed by atoms with van der Waals surface area (Å²) in [5, 5.41) is 41.8. The lowest BCUT2D eigenvalue weighted by molar-refractivity contribution is -0.118. The maximum atomic E-state index is 13.2. The highest BCUT2D eigenvalue weighted by molar-refractivity contribution is 5.94. The maximum Gasteiger partial charge on any atom is 0.338 e. The molecule has 37 heavy (non-hydrogen) atoms. The Morgan fingerprint density at radius 1 is 0.919 bits per heavy atom. The lowest BCUT2D eigenvalue weighted by atomic mass is 10.1. The summed E-state index contributed by atoms with van der Waals surface area (Å²) in [4.78, 5) is 37.5. The van der Waals surface area contributed by atoms with Crippen LogP contribution >= 0.6 is 0 Å². The van der Waals surface area contributed by atoms with Crippen molar-refractivity contribution in [3.8, 4) is 40.1 Å². The first-order valence-electron chi connectivity index (χ1n) is 10.9. The quantitative estimate of drug-likeness (QED) is 0.184. The van der Waals surface area contributed by atoms with Gasteiger partial charge in [-0.05, 0) is 49.4 Å². The predicted octanol–water partition coefficient (Wildman–Crippen LogP) is 3.48. The third-order valence-corrected chi connectivity index (χ3v) is 5.18. The Kier molecular flexibility index (Phi) is 6.87. The summed E-state index contributed by atoms with van der Waals surface area (Å²) in [6.07, 6.45) is 0. The Morgan fingerprint density at radius 3 is 2.32 bits per heavy atom. The number of phenolic OH excluding ortho intramolecular Hbond substituents is 4. The van der Waals surface area contributed by atoms with Crippen molar-refractivity contribution in [2.24, 2.45) is 0 Å². The molecule has 0 aliphatic rings. The Balaban J connectivity index is 1.64. The van der Waals surface area contributed by atoms with Gasteiger partial charge in [-0.25, -0.2) is 4.79 Å². The first-order chi connectivity index (χ1) is 17.7. The zero-order valence-electron chi connectivity index (χ0n) is 19.3. The number of fused-ring (bicyclic) bond motifs is 1. The van der Waals surface area contributed by atoms with Gasteiger partial charge in [0.25, 0.3) is 5.91 Å². The van der Waals surface area contributed by atoms with Gasteiger partial charge in [-0.2, -0.15) is 0 Å². The number of phenols is 4. The monoisotopic (exact) mass is 507 g/mol. The van der Waals surface area contributed by atoms with Gasteiger partial charge in [-0.15, -0.1) is 0 Å². The van der Waals surface area contributed by atoms with Crippen molar-refractivity contribution in [2.75, 3.05) is 18.5 Å². The molecular formula is C26H21NO10. The molecule has 0 atom stereocenters. The third-order valence-electron chi connectivity index (χ3n) is 5.18. The van der Waals surface area contributed by atoms with Gasteiger partial charge < -0.3 is 39.6 Å². The van der Waals surface area contributed by atoms with Crippen LogP contribution in [-0.2, 0) is 9.53 Å². The first-order valence-corrected chi connectivity index (χ1v) is 10.9. The van der Waals surface area contributed by atoms with Gasteiger partial charge in [0.05, 0.1) is 12.2 Å². The summed E-state index contributed by atoms with van der Waals surface area (Å²) < 4.78 is 16.1. The molecule has 190 valence electrons. The molecule has 0 unspecified atom stereocenters. The molecule has 1 amide bonds. The van der Waals surface area contributed by atoms with E-state index in [2.05, 4.69) is 5.32 Å². The fourth-order valence-corrected chi connectivity index (χ4v) is 3.49. The number of carbonyl (C=O) groups excluding carboxylic acids is 2. The zero-order valence-corrected chi connectivity index (χ0v) is 19.3. The van der Waals surface area contributed by atoms with Gasteiger partial charge in [-0.3, -0.25) is 9.59 Å². The predicted molar refractivity (Wildman–Crippen MR) is 131 cm³/mol. The van der Waals surface area contributed by atoms with Crippen molar-refractivity contribution in [3.05, 3.63) is 70.4 Å². The molecule has 11 heteroatoms. The smallest absolute Gasteiger partial charge is 0.338 e. The van der Waals surface area contributed by atoms with Crippen LogP contribution in [0.25, 0.3) is 22.3 Å².